The molecular formula is C19H19BrO3. The monoisotopic (exact) mass is 374 g/mol. The van der Waals surface area contributed by atoms with Crippen molar-refractivity contribution < 1.29 is 14.3 Å². The molecule has 0 aliphatic heterocycles. The molecule has 0 saturated heterocycles. The Morgan fingerprint density at radius 3 is 2.17 bits per heavy atom. The van der Waals surface area contributed by atoms with E-state index < -0.39 is 17.4 Å². The van der Waals surface area contributed by atoms with Crippen LogP contribution in [0.4, 0.5) is 0 Å². The average Bonchev–Trinajstić information content (AvgIpc) is 2.52. The molecule has 0 heterocycles. The van der Waals surface area contributed by atoms with E-state index in [0.717, 1.165) is 22.0 Å². The third kappa shape index (κ3) is 4.52. The van der Waals surface area contributed by atoms with Crippen LogP contribution in [0.15, 0.2) is 48.5 Å². The first-order chi connectivity index (χ1) is 10.8. The molecule has 3 nitrogen and oxygen atoms in total. The van der Waals surface area contributed by atoms with E-state index in [1.165, 1.54) is 0 Å². The van der Waals surface area contributed by atoms with Crippen LogP contribution in [-0.4, -0.2) is 17.4 Å². The minimum absolute atomic E-state index is 0.355. The van der Waals surface area contributed by atoms with Gasteiger partial charge in [0.05, 0.1) is 0 Å². The number of ketones is 1. The molecule has 0 saturated carbocycles. The van der Waals surface area contributed by atoms with Crippen molar-refractivity contribution in [1.29, 1.82) is 0 Å². The highest BCUT2D eigenvalue weighted by molar-refractivity contribution is 9.08. The number of carbonyl (C=O) groups excluding carboxylic acids is 2. The molecule has 0 unspecified atom stereocenters. The van der Waals surface area contributed by atoms with Crippen molar-refractivity contribution in [3.8, 4) is 11.1 Å². The summed E-state index contributed by atoms with van der Waals surface area (Å²) >= 11 is 3.41. The molecule has 120 valence electrons. The van der Waals surface area contributed by atoms with Gasteiger partial charge in [-0.25, -0.2) is 4.79 Å². The lowest BCUT2D eigenvalue weighted by Crippen LogP contribution is -2.29. The van der Waals surface area contributed by atoms with Crippen molar-refractivity contribution in [3.05, 3.63) is 59.7 Å². The Bertz CT molecular complexity index is 712. The lowest BCUT2D eigenvalue weighted by Gasteiger charge is -2.19. The number of ether oxygens (including phenoxy) is 1. The number of Topliss-reactive ketones (excluding diaryl/α,β-unsaturated/α-hetero) is 1. The Balaban J connectivity index is 2.36. The first-order valence-electron chi connectivity index (χ1n) is 7.34. The van der Waals surface area contributed by atoms with E-state index in [-0.39, 0.29) is 0 Å². The Labute approximate surface area is 144 Å². The van der Waals surface area contributed by atoms with E-state index in [0.29, 0.717) is 5.56 Å². The van der Waals surface area contributed by atoms with Crippen molar-refractivity contribution in [2.45, 2.75) is 31.7 Å². The summed E-state index contributed by atoms with van der Waals surface area (Å²) in [6, 6.07) is 14.9. The normalized spacial score (nSPS) is 11.1. The third-order valence-electron chi connectivity index (χ3n) is 3.18. The number of carbonyl (C=O) groups is 2. The summed E-state index contributed by atoms with van der Waals surface area (Å²) in [5.74, 6) is -1.46. The zero-order chi connectivity index (χ0) is 17.0. The van der Waals surface area contributed by atoms with Gasteiger partial charge in [0.25, 0.3) is 5.78 Å². The number of hydrogen-bond donors (Lipinski definition) is 0. The molecule has 0 fully saturated rings. The second-order valence-corrected chi connectivity index (χ2v) is 6.77. The van der Waals surface area contributed by atoms with Gasteiger partial charge < -0.3 is 4.74 Å². The third-order valence-corrected chi connectivity index (χ3v) is 3.82. The molecule has 2 aromatic carbocycles. The second-order valence-electron chi connectivity index (χ2n) is 6.21. The minimum atomic E-state index is -0.831. The molecule has 0 atom stereocenters. The van der Waals surface area contributed by atoms with E-state index in [2.05, 4.69) is 15.9 Å². The summed E-state index contributed by atoms with van der Waals surface area (Å²) in [6.07, 6.45) is 0. The van der Waals surface area contributed by atoms with Crippen LogP contribution in [-0.2, 0) is 14.9 Å². The smallest absolute Gasteiger partial charge is 0.380 e. The van der Waals surface area contributed by atoms with Gasteiger partial charge in [-0.05, 0) is 37.5 Å². The van der Waals surface area contributed by atoms with Gasteiger partial charge in [-0.15, -0.1) is 0 Å². The Hall–Kier alpha value is -1.94. The molecule has 0 aliphatic rings. The van der Waals surface area contributed by atoms with Crippen LogP contribution in [0.5, 0.6) is 0 Å². The molecule has 0 N–H and O–H groups in total. The highest BCUT2D eigenvalue weighted by Crippen LogP contribution is 2.25. The maximum absolute atomic E-state index is 12.5. The summed E-state index contributed by atoms with van der Waals surface area (Å²) in [6.45, 7) is 5.22. The molecule has 0 aromatic heterocycles. The number of esters is 1. The lowest BCUT2D eigenvalue weighted by atomic mass is 9.96. The van der Waals surface area contributed by atoms with E-state index in [4.69, 9.17) is 4.74 Å². The van der Waals surface area contributed by atoms with Crippen molar-refractivity contribution in [2.75, 3.05) is 0 Å². The average molecular weight is 375 g/mol. The van der Waals surface area contributed by atoms with Crippen LogP contribution in [0.25, 0.3) is 11.1 Å². The van der Waals surface area contributed by atoms with Crippen LogP contribution < -0.4 is 0 Å². The summed E-state index contributed by atoms with van der Waals surface area (Å²) in [7, 11) is 0. The summed E-state index contributed by atoms with van der Waals surface area (Å²) in [4.78, 5) is 24.5. The Kier molecular flexibility index (Phi) is 5.37. The largest absolute Gasteiger partial charge is 0.454 e. The fourth-order valence-corrected chi connectivity index (χ4v) is 2.51. The molecule has 0 radical (unpaired) electrons. The Morgan fingerprint density at radius 1 is 1.00 bits per heavy atom. The van der Waals surface area contributed by atoms with E-state index >= 15 is 0 Å². The van der Waals surface area contributed by atoms with Gasteiger partial charge >= 0.3 is 5.97 Å². The van der Waals surface area contributed by atoms with Crippen LogP contribution in [0, 0.1) is 0 Å². The fourth-order valence-electron chi connectivity index (χ4n) is 2.14. The summed E-state index contributed by atoms with van der Waals surface area (Å²) in [5.41, 5.74) is 2.42. The summed E-state index contributed by atoms with van der Waals surface area (Å²) < 4.78 is 5.19. The number of alkyl halides is 1. The zero-order valence-electron chi connectivity index (χ0n) is 13.4. The summed E-state index contributed by atoms with van der Waals surface area (Å²) in [5, 5.41) is 0.770. The molecule has 0 spiro atoms. The molecule has 0 aliphatic carbocycles. The molecule has 4 heteroatoms. The van der Waals surface area contributed by atoms with Gasteiger partial charge in [-0.2, -0.15) is 0 Å². The minimum Gasteiger partial charge on any atom is -0.454 e. The van der Waals surface area contributed by atoms with Crippen molar-refractivity contribution >= 4 is 27.7 Å². The molecule has 2 rings (SSSR count). The predicted octanol–water partition coefficient (Wildman–Crippen LogP) is 4.77. The van der Waals surface area contributed by atoms with Gasteiger partial charge in [0.2, 0.25) is 0 Å². The van der Waals surface area contributed by atoms with E-state index in [1.54, 1.807) is 32.9 Å². The first-order valence-corrected chi connectivity index (χ1v) is 8.46. The number of benzene rings is 2. The van der Waals surface area contributed by atoms with Crippen LogP contribution in [0.1, 0.15) is 36.7 Å². The molecule has 0 bridgehead atoms. The maximum Gasteiger partial charge on any atom is 0.380 e. The number of halogens is 1. The van der Waals surface area contributed by atoms with Gasteiger partial charge in [-0.1, -0.05) is 64.5 Å². The van der Waals surface area contributed by atoms with Gasteiger partial charge in [-0.3, -0.25) is 4.79 Å². The van der Waals surface area contributed by atoms with Crippen LogP contribution >= 0.6 is 15.9 Å². The zero-order valence-corrected chi connectivity index (χ0v) is 15.0. The van der Waals surface area contributed by atoms with Crippen LogP contribution in [0.2, 0.25) is 0 Å². The van der Waals surface area contributed by atoms with Gasteiger partial charge in [0.1, 0.15) is 5.60 Å². The van der Waals surface area contributed by atoms with E-state index in [9.17, 15) is 9.59 Å². The highest BCUT2D eigenvalue weighted by Gasteiger charge is 2.25. The van der Waals surface area contributed by atoms with Crippen molar-refractivity contribution in [2.24, 2.45) is 0 Å². The topological polar surface area (TPSA) is 43.4 Å². The van der Waals surface area contributed by atoms with Gasteiger partial charge in [0.15, 0.2) is 0 Å². The van der Waals surface area contributed by atoms with Crippen molar-refractivity contribution in [3.63, 3.8) is 0 Å². The molecule has 0 amide bonds. The predicted molar refractivity (Wildman–Crippen MR) is 94.7 cm³/mol. The second kappa shape index (κ2) is 7.09. The molecule has 23 heavy (non-hydrogen) atoms. The van der Waals surface area contributed by atoms with E-state index in [1.807, 2.05) is 36.4 Å². The highest BCUT2D eigenvalue weighted by atomic mass is 79.9. The molecular weight excluding hydrogens is 356 g/mol. The quantitative estimate of drug-likeness (QED) is 0.335. The maximum atomic E-state index is 12.5. The fraction of sp³-hybridized carbons (Fsp3) is 0.263. The number of hydrogen-bond acceptors (Lipinski definition) is 3. The number of rotatable bonds is 4. The van der Waals surface area contributed by atoms with Crippen LogP contribution in [0.3, 0.4) is 0 Å². The first kappa shape index (κ1) is 17.4. The Morgan fingerprint density at radius 2 is 1.61 bits per heavy atom. The van der Waals surface area contributed by atoms with Crippen molar-refractivity contribution in [1.82, 2.24) is 0 Å². The standard InChI is InChI=1S/C19H19BrO3/c1-19(2,3)23-18(22)17(21)16-7-5-4-6-15(16)14-10-8-13(12-20)9-11-14/h4-11H,12H2,1-3H3. The lowest BCUT2D eigenvalue weighted by molar-refractivity contribution is -0.148. The molecule has 2 aromatic rings. The SMILES string of the molecule is CC(C)(C)OC(=O)C(=O)c1ccccc1-c1ccc(CBr)cc1. The van der Waals surface area contributed by atoms with Gasteiger partial charge in [0, 0.05) is 10.9 Å².